The first-order valence-electron chi connectivity index (χ1n) is 9.44. The van der Waals surface area contributed by atoms with Crippen molar-refractivity contribution in [1.29, 1.82) is 0 Å². The Hall–Kier alpha value is -1.73. The smallest absolute Gasteiger partial charge is 0.190 e. The number of ether oxygens (including phenoxy) is 1. The fraction of sp³-hybridized carbons (Fsp3) is 0.381. The fourth-order valence-electron chi connectivity index (χ4n) is 3.33. The third kappa shape index (κ3) is 4.58. The van der Waals surface area contributed by atoms with Gasteiger partial charge in [0.1, 0.15) is 0 Å². The van der Waals surface area contributed by atoms with Gasteiger partial charge in [-0.1, -0.05) is 24.3 Å². The molecule has 1 saturated heterocycles. The number of aromatic nitrogens is 1. The summed E-state index contributed by atoms with van der Waals surface area (Å²) in [6.45, 7) is 8.03. The molecule has 3 aromatic rings. The molecule has 0 bridgehead atoms. The lowest BCUT2D eigenvalue weighted by atomic mass is 10.2. The molecule has 1 aliphatic heterocycles. The molecule has 0 N–H and O–H groups in total. The summed E-state index contributed by atoms with van der Waals surface area (Å²) in [6.07, 6.45) is 1.12. The molecule has 1 aliphatic rings. The van der Waals surface area contributed by atoms with E-state index in [9.17, 15) is 0 Å². The molecule has 142 valence electrons. The van der Waals surface area contributed by atoms with Crippen molar-refractivity contribution in [2.24, 2.45) is 4.99 Å². The Morgan fingerprint density at radius 2 is 1.89 bits per heavy atom. The fourth-order valence-corrected chi connectivity index (χ4v) is 5.09. The van der Waals surface area contributed by atoms with Crippen LogP contribution >= 0.6 is 22.7 Å². The molecular weight excluding hydrogens is 374 g/mol. The number of thiazole rings is 1. The van der Waals surface area contributed by atoms with Crippen LogP contribution in [-0.4, -0.2) is 42.3 Å². The summed E-state index contributed by atoms with van der Waals surface area (Å²) in [5.41, 5.74) is 3.55. The predicted molar refractivity (Wildman–Crippen MR) is 114 cm³/mol. The van der Waals surface area contributed by atoms with Crippen molar-refractivity contribution in [1.82, 2.24) is 9.47 Å². The Kier molecular flexibility index (Phi) is 6.19. The van der Waals surface area contributed by atoms with Crippen LogP contribution in [0.3, 0.4) is 0 Å². The van der Waals surface area contributed by atoms with Gasteiger partial charge in [-0.3, -0.25) is 4.90 Å². The molecule has 0 aliphatic carbocycles. The molecule has 0 spiro atoms. The average molecular weight is 400 g/mol. The van der Waals surface area contributed by atoms with Crippen molar-refractivity contribution in [3.05, 3.63) is 57.5 Å². The third-order valence-electron chi connectivity index (χ3n) is 4.86. The number of benzene rings is 1. The number of nitrogens with zero attached hydrogens (tertiary/aromatic N) is 3. The van der Waals surface area contributed by atoms with E-state index in [1.54, 1.807) is 22.7 Å². The van der Waals surface area contributed by atoms with E-state index >= 15 is 0 Å². The van der Waals surface area contributed by atoms with Gasteiger partial charge in [0, 0.05) is 31.6 Å². The van der Waals surface area contributed by atoms with Gasteiger partial charge < -0.3 is 9.30 Å². The quantitative estimate of drug-likeness (QED) is 0.609. The van der Waals surface area contributed by atoms with Crippen molar-refractivity contribution >= 4 is 28.4 Å². The second kappa shape index (κ2) is 8.97. The minimum atomic E-state index is 0.861. The van der Waals surface area contributed by atoms with E-state index in [2.05, 4.69) is 63.5 Å². The maximum atomic E-state index is 5.46. The first-order valence-corrected chi connectivity index (χ1v) is 11.2. The van der Waals surface area contributed by atoms with Crippen LogP contribution in [0.1, 0.15) is 12.0 Å². The number of para-hydroxylation sites is 1. The number of morpholine rings is 1. The molecule has 0 radical (unpaired) electrons. The van der Waals surface area contributed by atoms with E-state index in [1.807, 2.05) is 0 Å². The minimum absolute atomic E-state index is 0.861. The molecule has 1 fully saturated rings. The number of thiophene rings is 1. The van der Waals surface area contributed by atoms with Crippen LogP contribution < -0.4 is 4.80 Å². The largest absolute Gasteiger partial charge is 0.379 e. The second-order valence-corrected chi connectivity index (χ2v) is 8.52. The molecule has 3 heterocycles. The summed E-state index contributed by atoms with van der Waals surface area (Å²) in [4.78, 5) is 9.88. The Balaban J connectivity index is 1.60. The van der Waals surface area contributed by atoms with Crippen molar-refractivity contribution in [3.8, 4) is 10.6 Å². The van der Waals surface area contributed by atoms with E-state index in [4.69, 9.17) is 9.73 Å². The number of hydrogen-bond donors (Lipinski definition) is 0. The molecule has 1 aromatic carbocycles. The summed E-state index contributed by atoms with van der Waals surface area (Å²) in [6, 6.07) is 12.7. The van der Waals surface area contributed by atoms with E-state index in [0.717, 1.165) is 56.3 Å². The van der Waals surface area contributed by atoms with Gasteiger partial charge in [0.2, 0.25) is 0 Å². The van der Waals surface area contributed by atoms with E-state index < -0.39 is 0 Å². The van der Waals surface area contributed by atoms with E-state index in [1.165, 1.54) is 16.1 Å². The molecule has 2 aromatic heterocycles. The SMILES string of the molecule is Cc1ccccc1N=c1scc(-c2cccs2)n1CCCN1CCOCC1. The van der Waals surface area contributed by atoms with Crippen LogP contribution in [0.4, 0.5) is 5.69 Å². The lowest BCUT2D eigenvalue weighted by molar-refractivity contribution is 0.0369. The maximum absolute atomic E-state index is 5.46. The summed E-state index contributed by atoms with van der Waals surface area (Å²) < 4.78 is 7.85. The number of rotatable bonds is 6. The summed E-state index contributed by atoms with van der Waals surface area (Å²) >= 11 is 3.53. The molecule has 6 heteroatoms. The lowest BCUT2D eigenvalue weighted by Gasteiger charge is -2.26. The highest BCUT2D eigenvalue weighted by molar-refractivity contribution is 7.14. The van der Waals surface area contributed by atoms with Gasteiger partial charge in [0.25, 0.3) is 0 Å². The van der Waals surface area contributed by atoms with Gasteiger partial charge in [-0.2, -0.15) is 0 Å². The third-order valence-corrected chi connectivity index (χ3v) is 6.62. The Bertz CT molecular complexity index is 921. The zero-order valence-corrected chi connectivity index (χ0v) is 17.3. The Labute approximate surface area is 168 Å². The molecule has 4 rings (SSSR count). The van der Waals surface area contributed by atoms with Crippen molar-refractivity contribution < 1.29 is 4.74 Å². The lowest BCUT2D eigenvalue weighted by Crippen LogP contribution is -2.37. The van der Waals surface area contributed by atoms with Crippen molar-refractivity contribution in [2.45, 2.75) is 19.9 Å². The van der Waals surface area contributed by atoms with Crippen LogP contribution in [0.5, 0.6) is 0 Å². The molecule has 0 saturated carbocycles. The molecule has 27 heavy (non-hydrogen) atoms. The summed E-state index contributed by atoms with van der Waals surface area (Å²) in [7, 11) is 0. The van der Waals surface area contributed by atoms with Crippen LogP contribution in [0.15, 0.2) is 52.2 Å². The zero-order chi connectivity index (χ0) is 18.5. The molecule has 0 atom stereocenters. The van der Waals surface area contributed by atoms with Gasteiger partial charge >= 0.3 is 0 Å². The van der Waals surface area contributed by atoms with Gasteiger partial charge in [0.15, 0.2) is 4.80 Å². The van der Waals surface area contributed by atoms with Crippen molar-refractivity contribution in [2.75, 3.05) is 32.8 Å². The highest BCUT2D eigenvalue weighted by atomic mass is 32.1. The molecule has 0 unspecified atom stereocenters. The summed E-state index contributed by atoms with van der Waals surface area (Å²) in [5, 5.41) is 4.39. The highest BCUT2D eigenvalue weighted by Crippen LogP contribution is 2.26. The second-order valence-electron chi connectivity index (χ2n) is 6.74. The van der Waals surface area contributed by atoms with Crippen molar-refractivity contribution in [3.63, 3.8) is 0 Å². The zero-order valence-electron chi connectivity index (χ0n) is 15.6. The number of hydrogen-bond acceptors (Lipinski definition) is 5. The highest BCUT2D eigenvalue weighted by Gasteiger charge is 2.12. The minimum Gasteiger partial charge on any atom is -0.379 e. The Morgan fingerprint density at radius 3 is 2.67 bits per heavy atom. The van der Waals surface area contributed by atoms with Crippen LogP contribution in [0.25, 0.3) is 10.6 Å². The molecule has 4 nitrogen and oxygen atoms in total. The topological polar surface area (TPSA) is 29.8 Å². The predicted octanol–water partition coefficient (Wildman–Crippen LogP) is 4.54. The van der Waals surface area contributed by atoms with Gasteiger partial charge in [-0.05, 0) is 36.4 Å². The standard InChI is InChI=1S/C21H25N3OS2/c1-17-6-2-3-7-18(17)22-21-24(10-5-9-23-11-13-25-14-12-23)19(16-27-21)20-8-4-15-26-20/h2-4,6-8,15-16H,5,9-14H2,1H3. The first-order chi connectivity index (χ1) is 13.3. The molecule has 0 amide bonds. The van der Waals surface area contributed by atoms with Crippen LogP contribution in [0.2, 0.25) is 0 Å². The maximum Gasteiger partial charge on any atom is 0.190 e. The Morgan fingerprint density at radius 1 is 1.04 bits per heavy atom. The van der Waals surface area contributed by atoms with Crippen LogP contribution in [0, 0.1) is 6.92 Å². The summed E-state index contributed by atoms with van der Waals surface area (Å²) in [5.74, 6) is 0. The van der Waals surface area contributed by atoms with Gasteiger partial charge in [-0.15, -0.1) is 22.7 Å². The van der Waals surface area contributed by atoms with Crippen LogP contribution in [-0.2, 0) is 11.3 Å². The average Bonchev–Trinajstić information content (AvgIpc) is 3.35. The van der Waals surface area contributed by atoms with E-state index in [-0.39, 0.29) is 0 Å². The number of aryl methyl sites for hydroxylation is 1. The molecular formula is C21H25N3OS2. The van der Waals surface area contributed by atoms with E-state index in [0.29, 0.717) is 0 Å². The van der Waals surface area contributed by atoms with Gasteiger partial charge in [-0.25, -0.2) is 4.99 Å². The normalized spacial score (nSPS) is 16.1. The first kappa shape index (κ1) is 18.6. The monoisotopic (exact) mass is 399 g/mol. The van der Waals surface area contributed by atoms with Gasteiger partial charge in [0.05, 0.1) is 29.5 Å².